The van der Waals surface area contributed by atoms with Crippen molar-refractivity contribution in [3.05, 3.63) is 33.7 Å². The summed E-state index contributed by atoms with van der Waals surface area (Å²) in [7, 11) is 0. The largest absolute Gasteiger partial charge is 0.446 e. The lowest BCUT2D eigenvalue weighted by molar-refractivity contribution is -0.0328. The van der Waals surface area contributed by atoms with E-state index in [1.165, 1.54) is 11.0 Å². The number of amides is 1. The predicted molar refractivity (Wildman–Crippen MR) is 95.4 cm³/mol. The van der Waals surface area contributed by atoms with Crippen LogP contribution in [0.5, 0.6) is 0 Å². The summed E-state index contributed by atoms with van der Waals surface area (Å²) in [4.78, 5) is 26.3. The third kappa shape index (κ3) is 4.83. The molecule has 1 aromatic heterocycles. The molecule has 0 radical (unpaired) electrons. The van der Waals surface area contributed by atoms with Crippen molar-refractivity contribution in [3.8, 4) is 5.69 Å². The van der Waals surface area contributed by atoms with Crippen LogP contribution >= 0.6 is 23.4 Å². The lowest BCUT2D eigenvalue weighted by atomic mass is 10.2. The average Bonchev–Trinajstić information content (AvgIpc) is 2.89. The van der Waals surface area contributed by atoms with Crippen LogP contribution in [0.3, 0.4) is 0 Å². The van der Waals surface area contributed by atoms with E-state index >= 15 is 0 Å². The van der Waals surface area contributed by atoms with Gasteiger partial charge in [0.1, 0.15) is 0 Å². The summed E-state index contributed by atoms with van der Waals surface area (Å²) in [5.74, 6) is 0. The third-order valence-electron chi connectivity index (χ3n) is 3.48. The fraction of sp³-hybridized carbons (Fsp3) is 0.467. The van der Waals surface area contributed by atoms with Crippen molar-refractivity contribution in [2.75, 3.05) is 0 Å². The number of tetrazole rings is 1. The van der Waals surface area contributed by atoms with E-state index in [9.17, 15) is 22.8 Å². The fourth-order valence-corrected chi connectivity index (χ4v) is 3.34. The van der Waals surface area contributed by atoms with Crippen LogP contribution in [0.15, 0.2) is 27.9 Å². The number of rotatable bonds is 4. The molecule has 0 aliphatic heterocycles. The van der Waals surface area contributed by atoms with Crippen LogP contribution in [0.4, 0.5) is 18.0 Å². The number of alkyl halides is 3. The third-order valence-corrected chi connectivity index (χ3v) is 4.71. The summed E-state index contributed by atoms with van der Waals surface area (Å²) in [5.41, 5.74) is -5.25. The van der Waals surface area contributed by atoms with Crippen LogP contribution in [0.2, 0.25) is 5.02 Å². The van der Waals surface area contributed by atoms with Gasteiger partial charge in [0.05, 0.1) is 10.7 Å². The van der Waals surface area contributed by atoms with Crippen LogP contribution in [0, 0.1) is 0 Å². The van der Waals surface area contributed by atoms with Gasteiger partial charge in [-0.1, -0.05) is 11.6 Å². The van der Waals surface area contributed by atoms with Gasteiger partial charge in [-0.05, 0) is 68.1 Å². The first-order chi connectivity index (χ1) is 12.4. The Morgan fingerprint density at radius 2 is 1.78 bits per heavy atom. The molecular formula is C15H17ClF3N5O2S. The maximum atomic E-state index is 12.6. The maximum Gasteiger partial charge on any atom is 0.446 e. The Labute approximate surface area is 162 Å². The zero-order valence-electron chi connectivity index (χ0n) is 14.9. The van der Waals surface area contributed by atoms with Crippen LogP contribution in [-0.2, 0) is 0 Å². The SMILES string of the molecule is CC(C)N(C(=O)n1nnn(-c2ccc(SC(F)(F)F)c(Cl)c2)c1=O)C(C)C. The highest BCUT2D eigenvalue weighted by molar-refractivity contribution is 8.00. The second-order valence-corrected chi connectivity index (χ2v) is 7.64. The van der Waals surface area contributed by atoms with Gasteiger partial charge < -0.3 is 4.90 Å². The Kier molecular flexibility index (Phi) is 6.25. The molecule has 0 spiro atoms. The molecule has 0 unspecified atom stereocenters. The number of aromatic nitrogens is 4. The van der Waals surface area contributed by atoms with E-state index in [2.05, 4.69) is 10.4 Å². The molecule has 0 atom stereocenters. The number of nitrogens with zero attached hydrogens (tertiary/aromatic N) is 5. The van der Waals surface area contributed by atoms with E-state index in [4.69, 9.17) is 11.6 Å². The lowest BCUT2D eigenvalue weighted by Crippen LogP contribution is -2.47. The predicted octanol–water partition coefficient (Wildman–Crippen LogP) is 3.78. The molecule has 0 aliphatic carbocycles. The first-order valence-corrected chi connectivity index (χ1v) is 9.05. The Bertz CT molecular complexity index is 886. The highest BCUT2D eigenvalue weighted by Crippen LogP contribution is 2.40. The minimum atomic E-state index is -4.49. The molecule has 0 saturated heterocycles. The lowest BCUT2D eigenvalue weighted by Gasteiger charge is -2.29. The van der Waals surface area contributed by atoms with Crippen LogP contribution in [0.25, 0.3) is 5.69 Å². The number of hydrogen-bond acceptors (Lipinski definition) is 5. The quantitative estimate of drug-likeness (QED) is 0.552. The number of halogens is 4. The summed E-state index contributed by atoms with van der Waals surface area (Å²) in [6.45, 7) is 7.18. The van der Waals surface area contributed by atoms with Crippen LogP contribution < -0.4 is 5.69 Å². The molecule has 1 heterocycles. The Morgan fingerprint density at radius 3 is 2.26 bits per heavy atom. The Morgan fingerprint density at radius 1 is 1.19 bits per heavy atom. The van der Waals surface area contributed by atoms with Gasteiger partial charge in [0.25, 0.3) is 0 Å². The highest BCUT2D eigenvalue weighted by Gasteiger charge is 2.30. The average molecular weight is 424 g/mol. The summed E-state index contributed by atoms with van der Waals surface area (Å²) < 4.78 is 38.9. The van der Waals surface area contributed by atoms with Gasteiger partial charge in [0.15, 0.2) is 0 Å². The topological polar surface area (TPSA) is 73.0 Å². The van der Waals surface area contributed by atoms with E-state index in [0.29, 0.717) is 4.68 Å². The molecular weight excluding hydrogens is 407 g/mol. The van der Waals surface area contributed by atoms with Crippen molar-refractivity contribution in [1.29, 1.82) is 0 Å². The fourth-order valence-electron chi connectivity index (χ4n) is 2.50. The normalized spacial score (nSPS) is 12.1. The van der Waals surface area contributed by atoms with Crippen molar-refractivity contribution in [2.45, 2.75) is 50.2 Å². The smallest absolute Gasteiger partial charge is 0.318 e. The highest BCUT2D eigenvalue weighted by atomic mass is 35.5. The van der Waals surface area contributed by atoms with Crippen molar-refractivity contribution < 1.29 is 18.0 Å². The molecule has 7 nitrogen and oxygen atoms in total. The minimum Gasteiger partial charge on any atom is -0.318 e. The number of carbonyl (C=O) groups is 1. The molecule has 0 saturated carbocycles. The van der Waals surface area contributed by atoms with Gasteiger partial charge in [0.2, 0.25) is 0 Å². The van der Waals surface area contributed by atoms with Gasteiger partial charge in [-0.15, -0.1) is 4.68 Å². The van der Waals surface area contributed by atoms with Crippen LogP contribution in [-0.4, -0.2) is 48.3 Å². The van der Waals surface area contributed by atoms with Gasteiger partial charge in [-0.3, -0.25) is 0 Å². The molecule has 1 aromatic carbocycles. The molecule has 2 aromatic rings. The summed E-state index contributed by atoms with van der Waals surface area (Å²) in [6, 6.07) is 2.52. The molecule has 1 amide bonds. The molecule has 0 N–H and O–H groups in total. The first kappa shape index (κ1) is 21.3. The standard InChI is InChI=1S/C15H17ClF3N5O2S/c1-8(2)22(9(3)4)13(25)24-14(26)23(20-21-24)10-5-6-12(11(16)7-10)27-15(17,18)19/h5-9H,1-4H3. The van der Waals surface area contributed by atoms with E-state index < -0.39 is 17.2 Å². The van der Waals surface area contributed by atoms with Gasteiger partial charge in [-0.25, -0.2) is 9.59 Å². The van der Waals surface area contributed by atoms with Crippen molar-refractivity contribution >= 4 is 29.4 Å². The van der Waals surface area contributed by atoms with Crippen molar-refractivity contribution in [1.82, 2.24) is 24.7 Å². The molecule has 2 rings (SSSR count). The summed E-state index contributed by atoms with van der Waals surface area (Å²) >= 11 is 5.51. The zero-order valence-corrected chi connectivity index (χ0v) is 16.4. The van der Waals surface area contributed by atoms with Crippen molar-refractivity contribution in [2.24, 2.45) is 0 Å². The summed E-state index contributed by atoms with van der Waals surface area (Å²) in [5, 5.41) is 7.02. The van der Waals surface area contributed by atoms with E-state index in [-0.39, 0.29) is 39.5 Å². The monoisotopic (exact) mass is 423 g/mol. The Hall–Kier alpha value is -2.01. The van der Waals surface area contributed by atoms with Crippen molar-refractivity contribution in [3.63, 3.8) is 0 Å². The van der Waals surface area contributed by atoms with E-state index in [1.807, 2.05) is 0 Å². The van der Waals surface area contributed by atoms with Gasteiger partial charge >= 0.3 is 17.2 Å². The first-order valence-electron chi connectivity index (χ1n) is 7.85. The van der Waals surface area contributed by atoms with E-state index in [0.717, 1.165) is 16.8 Å². The van der Waals surface area contributed by atoms with Crippen LogP contribution in [0.1, 0.15) is 27.7 Å². The molecule has 0 bridgehead atoms. The molecule has 12 heteroatoms. The molecule has 0 fully saturated rings. The molecule has 0 aliphatic rings. The van der Waals surface area contributed by atoms with Gasteiger partial charge in [0, 0.05) is 17.0 Å². The van der Waals surface area contributed by atoms with E-state index in [1.54, 1.807) is 27.7 Å². The number of benzene rings is 1. The second kappa shape index (κ2) is 7.93. The Balaban J connectivity index is 2.39. The number of hydrogen-bond donors (Lipinski definition) is 0. The summed E-state index contributed by atoms with van der Waals surface area (Å²) in [6.07, 6.45) is 0. The maximum absolute atomic E-state index is 12.6. The zero-order chi connectivity index (χ0) is 20.5. The number of thioether (sulfide) groups is 1. The molecule has 148 valence electrons. The molecule has 27 heavy (non-hydrogen) atoms. The number of carbonyl (C=O) groups excluding carboxylic acids is 1. The van der Waals surface area contributed by atoms with Gasteiger partial charge in [-0.2, -0.15) is 17.9 Å². The minimum absolute atomic E-state index is 0.0937. The second-order valence-electron chi connectivity index (χ2n) is 6.12.